The molecular weight excluding hydrogens is 385 g/mol. The van der Waals surface area contributed by atoms with Crippen molar-refractivity contribution in [3.8, 4) is 5.75 Å². The van der Waals surface area contributed by atoms with Crippen LogP contribution in [0.5, 0.6) is 5.75 Å². The molecule has 150 valence electrons. The van der Waals surface area contributed by atoms with Gasteiger partial charge in [-0.1, -0.05) is 0 Å². The van der Waals surface area contributed by atoms with Crippen LogP contribution in [-0.2, 0) is 10.0 Å². The molecule has 1 saturated heterocycles. The molecule has 0 saturated carbocycles. The number of piperazine rings is 1. The van der Waals surface area contributed by atoms with Crippen molar-refractivity contribution in [2.24, 2.45) is 0 Å². The zero-order valence-corrected chi connectivity index (χ0v) is 16.5. The molecule has 9 heteroatoms. The van der Waals surface area contributed by atoms with Gasteiger partial charge in [0.1, 0.15) is 16.5 Å². The van der Waals surface area contributed by atoms with E-state index >= 15 is 0 Å². The summed E-state index contributed by atoms with van der Waals surface area (Å²) in [6, 6.07) is 9.42. The third kappa shape index (κ3) is 4.42. The number of halogens is 1. The fourth-order valence-electron chi connectivity index (χ4n) is 2.94. The molecule has 3 rings (SSSR count). The Morgan fingerprint density at radius 2 is 1.71 bits per heavy atom. The Hall–Kier alpha value is -2.65. The summed E-state index contributed by atoms with van der Waals surface area (Å²) in [7, 11) is -0.733. The van der Waals surface area contributed by atoms with Crippen LogP contribution in [-0.4, -0.2) is 64.5 Å². The molecule has 0 atom stereocenters. The summed E-state index contributed by atoms with van der Waals surface area (Å²) in [4.78, 5) is 16.2. The lowest BCUT2D eigenvalue weighted by Crippen LogP contribution is -2.47. The number of carbonyl (C=O) groups is 1. The Labute approximate surface area is 163 Å². The highest BCUT2D eigenvalue weighted by atomic mass is 32.2. The summed E-state index contributed by atoms with van der Waals surface area (Å²) in [5.74, 6) is -0.737. The van der Waals surface area contributed by atoms with Crippen LogP contribution < -0.4 is 9.46 Å². The van der Waals surface area contributed by atoms with Gasteiger partial charge in [-0.2, -0.15) is 0 Å². The molecule has 1 fully saturated rings. The first-order chi connectivity index (χ1) is 13.3. The van der Waals surface area contributed by atoms with Crippen molar-refractivity contribution < 1.29 is 22.3 Å². The molecule has 1 aliphatic rings. The van der Waals surface area contributed by atoms with Crippen LogP contribution in [0.25, 0.3) is 0 Å². The molecule has 28 heavy (non-hydrogen) atoms. The topological polar surface area (TPSA) is 78.9 Å². The molecule has 2 aromatic carbocycles. The van der Waals surface area contributed by atoms with E-state index in [1.54, 1.807) is 17.0 Å². The van der Waals surface area contributed by atoms with Gasteiger partial charge in [0.05, 0.1) is 7.11 Å². The number of nitrogens with one attached hydrogen (secondary N) is 1. The summed E-state index contributed by atoms with van der Waals surface area (Å²) in [6.07, 6.45) is 0. The summed E-state index contributed by atoms with van der Waals surface area (Å²) in [5, 5.41) is 0. The lowest BCUT2D eigenvalue weighted by molar-refractivity contribution is 0.0664. The van der Waals surface area contributed by atoms with Crippen molar-refractivity contribution in [1.29, 1.82) is 0 Å². The van der Waals surface area contributed by atoms with Crippen LogP contribution in [0.1, 0.15) is 10.4 Å². The highest BCUT2D eigenvalue weighted by Crippen LogP contribution is 2.26. The van der Waals surface area contributed by atoms with Gasteiger partial charge >= 0.3 is 0 Å². The first kappa shape index (κ1) is 20.1. The molecule has 0 radical (unpaired) electrons. The fraction of sp³-hybridized carbons (Fsp3) is 0.316. The van der Waals surface area contributed by atoms with Crippen molar-refractivity contribution >= 4 is 21.6 Å². The van der Waals surface area contributed by atoms with E-state index in [1.165, 1.54) is 25.3 Å². The zero-order valence-electron chi connectivity index (χ0n) is 15.7. The van der Waals surface area contributed by atoms with Gasteiger partial charge in [0, 0.05) is 37.4 Å². The van der Waals surface area contributed by atoms with E-state index in [2.05, 4.69) is 9.62 Å². The van der Waals surface area contributed by atoms with Crippen molar-refractivity contribution in [2.75, 3.05) is 45.1 Å². The van der Waals surface area contributed by atoms with E-state index in [-0.39, 0.29) is 22.2 Å². The number of sulfonamides is 1. The first-order valence-electron chi connectivity index (χ1n) is 8.74. The summed E-state index contributed by atoms with van der Waals surface area (Å²) >= 11 is 0. The van der Waals surface area contributed by atoms with Gasteiger partial charge in [-0.3, -0.25) is 9.52 Å². The number of hydrogen-bond acceptors (Lipinski definition) is 5. The molecule has 1 N–H and O–H groups in total. The van der Waals surface area contributed by atoms with E-state index in [0.717, 1.165) is 25.2 Å². The second kappa shape index (κ2) is 8.15. The lowest BCUT2D eigenvalue weighted by atomic mass is 10.1. The third-order valence-electron chi connectivity index (χ3n) is 4.59. The normalized spacial score (nSPS) is 15.3. The standard InChI is InChI=1S/C19H22FN3O4S/c1-22-9-11-23(12-10-22)19(24)14-3-6-16(7-4-14)21-28(25,26)18-13-15(20)5-8-17(18)27-2/h3-8,13,21H,9-12H2,1-2H3. The molecular formula is C19H22FN3O4S. The Morgan fingerprint density at radius 3 is 2.32 bits per heavy atom. The third-order valence-corrected chi connectivity index (χ3v) is 5.99. The Bertz CT molecular complexity index is 956. The average Bonchev–Trinajstić information content (AvgIpc) is 2.68. The lowest BCUT2D eigenvalue weighted by Gasteiger charge is -2.32. The Balaban J connectivity index is 1.75. The van der Waals surface area contributed by atoms with E-state index in [4.69, 9.17) is 4.74 Å². The van der Waals surface area contributed by atoms with Crippen molar-refractivity contribution in [3.63, 3.8) is 0 Å². The minimum Gasteiger partial charge on any atom is -0.495 e. The van der Waals surface area contributed by atoms with Gasteiger partial charge in [0.2, 0.25) is 0 Å². The fourth-order valence-corrected chi connectivity index (χ4v) is 4.18. The molecule has 0 aromatic heterocycles. The van der Waals surface area contributed by atoms with E-state index < -0.39 is 15.8 Å². The maximum absolute atomic E-state index is 13.5. The second-order valence-corrected chi connectivity index (χ2v) is 8.22. The molecule has 0 unspecified atom stereocenters. The van der Waals surface area contributed by atoms with Crippen LogP contribution in [0.4, 0.5) is 10.1 Å². The Morgan fingerprint density at radius 1 is 1.07 bits per heavy atom. The van der Waals surface area contributed by atoms with Crippen LogP contribution in [0.15, 0.2) is 47.4 Å². The van der Waals surface area contributed by atoms with Gasteiger partial charge in [0.15, 0.2) is 0 Å². The molecule has 7 nitrogen and oxygen atoms in total. The van der Waals surface area contributed by atoms with Crippen LogP contribution >= 0.6 is 0 Å². The molecule has 0 aliphatic carbocycles. The monoisotopic (exact) mass is 407 g/mol. The summed E-state index contributed by atoms with van der Waals surface area (Å²) < 4.78 is 46.1. The van der Waals surface area contributed by atoms with E-state index in [1.807, 2.05) is 7.05 Å². The quantitative estimate of drug-likeness (QED) is 0.821. The predicted molar refractivity (Wildman–Crippen MR) is 104 cm³/mol. The maximum Gasteiger partial charge on any atom is 0.265 e. The number of ether oxygens (including phenoxy) is 1. The van der Waals surface area contributed by atoms with Crippen molar-refractivity contribution in [1.82, 2.24) is 9.80 Å². The molecule has 1 heterocycles. The number of likely N-dealkylation sites (N-methyl/N-ethyl adjacent to an activating group) is 1. The van der Waals surface area contributed by atoms with Gasteiger partial charge in [-0.15, -0.1) is 0 Å². The number of methoxy groups -OCH3 is 1. The molecule has 1 aliphatic heterocycles. The van der Waals surface area contributed by atoms with Gasteiger partial charge in [-0.05, 0) is 49.5 Å². The SMILES string of the molecule is COc1ccc(F)cc1S(=O)(=O)Nc1ccc(C(=O)N2CCN(C)CC2)cc1. The zero-order chi connectivity index (χ0) is 20.3. The predicted octanol–water partition coefficient (Wildman–Crippen LogP) is 2.02. The van der Waals surface area contributed by atoms with Crippen molar-refractivity contribution in [2.45, 2.75) is 4.90 Å². The molecule has 1 amide bonds. The minimum atomic E-state index is -4.05. The number of anilines is 1. The van der Waals surface area contributed by atoms with Gasteiger partial charge in [0.25, 0.3) is 15.9 Å². The maximum atomic E-state index is 13.5. The van der Waals surface area contributed by atoms with Crippen LogP contribution in [0, 0.1) is 5.82 Å². The molecule has 0 bridgehead atoms. The minimum absolute atomic E-state index is 0.0377. The summed E-state index contributed by atoms with van der Waals surface area (Å²) in [5.41, 5.74) is 0.747. The van der Waals surface area contributed by atoms with Gasteiger partial charge in [-0.25, -0.2) is 12.8 Å². The smallest absolute Gasteiger partial charge is 0.265 e. The number of amides is 1. The number of nitrogens with zero attached hydrogens (tertiary/aromatic N) is 2. The van der Waals surface area contributed by atoms with E-state index in [0.29, 0.717) is 18.7 Å². The first-order valence-corrected chi connectivity index (χ1v) is 10.2. The average molecular weight is 407 g/mol. The highest BCUT2D eigenvalue weighted by molar-refractivity contribution is 7.92. The number of rotatable bonds is 5. The Kier molecular flexibility index (Phi) is 5.85. The largest absolute Gasteiger partial charge is 0.495 e. The van der Waals surface area contributed by atoms with E-state index in [9.17, 15) is 17.6 Å². The molecule has 2 aromatic rings. The second-order valence-electron chi connectivity index (χ2n) is 6.57. The summed E-state index contributed by atoms with van der Waals surface area (Å²) in [6.45, 7) is 2.95. The van der Waals surface area contributed by atoms with Crippen LogP contribution in [0.3, 0.4) is 0 Å². The van der Waals surface area contributed by atoms with Gasteiger partial charge < -0.3 is 14.5 Å². The highest BCUT2D eigenvalue weighted by Gasteiger charge is 2.22. The van der Waals surface area contributed by atoms with Crippen molar-refractivity contribution in [3.05, 3.63) is 53.8 Å². The number of benzene rings is 2. The van der Waals surface area contributed by atoms with Crippen LogP contribution in [0.2, 0.25) is 0 Å². The number of hydrogen-bond donors (Lipinski definition) is 1. The molecule has 0 spiro atoms. The number of carbonyl (C=O) groups excluding carboxylic acids is 1.